The first-order valence-corrected chi connectivity index (χ1v) is 18.2. The number of piperidine rings is 4. The van der Waals surface area contributed by atoms with Crippen LogP contribution in [0.3, 0.4) is 0 Å². The topological polar surface area (TPSA) is 109 Å². The van der Waals surface area contributed by atoms with Crippen molar-refractivity contribution < 1.29 is 26.4 Å². The van der Waals surface area contributed by atoms with Gasteiger partial charge in [0.15, 0.2) is 0 Å². The predicted octanol–water partition coefficient (Wildman–Crippen LogP) is 7.14. The Morgan fingerprint density at radius 2 is 1.07 bits per heavy atom. The Balaban J connectivity index is 0.000000231. The lowest BCUT2D eigenvalue weighted by molar-refractivity contribution is -0.130. The molecule has 4 bridgehead atoms. The maximum Gasteiger partial charge on any atom is 0.243 e. The number of hydrogen-bond acceptors (Lipinski definition) is 6. The number of nitrogens with zero attached hydrogens (tertiary/aromatic N) is 2. The van der Waals surface area contributed by atoms with Gasteiger partial charge in [-0.3, -0.25) is 9.59 Å². The molecule has 2 aromatic carbocycles. The van der Waals surface area contributed by atoms with Crippen LogP contribution in [-0.4, -0.2) is 61.2 Å². The maximum atomic E-state index is 13.1. The molecule has 0 spiro atoms. The van der Waals surface area contributed by atoms with Crippen molar-refractivity contribution in [3.8, 4) is 0 Å². The van der Waals surface area contributed by atoms with Crippen molar-refractivity contribution in [2.75, 3.05) is 0 Å². The van der Waals surface area contributed by atoms with Crippen LogP contribution in [0, 0.1) is 5.92 Å². The number of benzene rings is 2. The highest BCUT2D eigenvalue weighted by Crippen LogP contribution is 2.41. The number of carbonyl (C=O) groups is 2. The van der Waals surface area contributed by atoms with Crippen LogP contribution in [0.2, 0.25) is 10.0 Å². The second-order valence-corrected chi connectivity index (χ2v) is 16.2. The minimum Gasteiger partial charge on any atom is -0.300 e. The third kappa shape index (κ3) is 7.26. The van der Waals surface area contributed by atoms with Crippen molar-refractivity contribution in [1.29, 1.82) is 0 Å². The van der Waals surface area contributed by atoms with Crippen molar-refractivity contribution in [3.63, 3.8) is 0 Å². The Morgan fingerprint density at radius 3 is 1.52 bits per heavy atom. The SMILES string of the molecule is C.C.CCC1C(=O)CC2CCCC1N2S(=O)(=O)c1ccc(Cl)cc1.O=C1CC2CCCC(C1)N2S(=O)(=O)c1ccc(Cl)cc1. The molecule has 244 valence electrons. The summed E-state index contributed by atoms with van der Waals surface area (Å²) >= 11 is 11.7. The minimum atomic E-state index is -3.58. The molecular weight excluding hydrogens is 643 g/mol. The highest BCUT2D eigenvalue weighted by atomic mass is 35.5. The van der Waals surface area contributed by atoms with Crippen molar-refractivity contribution in [2.45, 2.75) is 120 Å². The molecule has 8 nitrogen and oxygen atoms in total. The van der Waals surface area contributed by atoms with Crippen LogP contribution in [0.25, 0.3) is 0 Å². The highest BCUT2D eigenvalue weighted by Gasteiger charge is 2.49. The molecule has 0 saturated carbocycles. The molecule has 0 amide bonds. The van der Waals surface area contributed by atoms with Crippen molar-refractivity contribution >= 4 is 54.8 Å². The molecule has 4 aliphatic rings. The fourth-order valence-corrected chi connectivity index (χ4v) is 11.1. The summed E-state index contributed by atoms with van der Waals surface area (Å²) in [5, 5.41) is 1.03. The zero-order chi connectivity index (χ0) is 30.2. The van der Waals surface area contributed by atoms with Gasteiger partial charge < -0.3 is 0 Å². The second kappa shape index (κ2) is 14.7. The standard InChI is InChI=1S/C16H20ClNO3S.C14H16ClNO3S.2CH4/c1-2-14-15-5-3-4-12(10-16(14)19)18(15)22(20,21)13-8-6-11(17)7-9-13;15-10-4-6-14(7-5-10)20(18,19)16-11-2-1-3-12(16)9-13(17)8-11;;/h6-9,12,14-15H,2-5,10H2,1H3;4-7,11-12H,1-3,8-9H2;2*1H4. The monoisotopic (exact) mass is 686 g/mol. The Hall–Kier alpha value is -1.82. The number of halogens is 2. The Kier molecular flexibility index (Phi) is 12.3. The number of sulfonamides is 2. The average molecular weight is 688 g/mol. The van der Waals surface area contributed by atoms with E-state index in [0.717, 1.165) is 38.5 Å². The molecule has 0 aliphatic carbocycles. The molecule has 4 fully saturated rings. The average Bonchev–Trinajstić information content (AvgIpc) is 2.93. The summed E-state index contributed by atoms with van der Waals surface area (Å²) in [6.45, 7) is 1.96. The lowest BCUT2D eigenvalue weighted by Gasteiger charge is -2.47. The van der Waals surface area contributed by atoms with Crippen LogP contribution in [0.1, 0.15) is 86.0 Å². The van der Waals surface area contributed by atoms with E-state index < -0.39 is 20.0 Å². The van der Waals surface area contributed by atoms with E-state index in [0.29, 0.717) is 35.7 Å². The molecule has 4 saturated heterocycles. The van der Waals surface area contributed by atoms with E-state index in [-0.39, 0.29) is 66.3 Å². The van der Waals surface area contributed by atoms with Gasteiger partial charge in [0.05, 0.1) is 9.79 Å². The third-order valence-electron chi connectivity index (χ3n) is 8.98. The van der Waals surface area contributed by atoms with E-state index in [4.69, 9.17) is 23.2 Å². The first-order valence-electron chi connectivity index (χ1n) is 14.6. The summed E-state index contributed by atoms with van der Waals surface area (Å²) in [5.41, 5.74) is 0. The van der Waals surface area contributed by atoms with Gasteiger partial charge in [0.25, 0.3) is 0 Å². The van der Waals surface area contributed by atoms with Gasteiger partial charge in [0.2, 0.25) is 20.0 Å². The van der Waals surface area contributed by atoms with Crippen LogP contribution in [0.5, 0.6) is 0 Å². The first-order chi connectivity index (χ1) is 19.9. The van der Waals surface area contributed by atoms with E-state index in [1.54, 1.807) is 45.0 Å². The van der Waals surface area contributed by atoms with E-state index in [1.165, 1.54) is 12.1 Å². The van der Waals surface area contributed by atoms with Gasteiger partial charge in [-0.05, 0) is 80.6 Å². The number of ketones is 2. The molecule has 5 atom stereocenters. The van der Waals surface area contributed by atoms with Crippen LogP contribution in [-0.2, 0) is 29.6 Å². The van der Waals surface area contributed by atoms with E-state index in [1.807, 2.05) is 6.92 Å². The van der Waals surface area contributed by atoms with Crippen LogP contribution in [0.15, 0.2) is 58.3 Å². The van der Waals surface area contributed by atoms with Crippen molar-refractivity contribution in [2.24, 2.45) is 5.92 Å². The first kappa shape index (κ1) is 36.6. The molecule has 12 heteroatoms. The lowest BCUT2D eigenvalue weighted by Crippen LogP contribution is -2.58. The summed E-state index contributed by atoms with van der Waals surface area (Å²) in [7, 11) is -7.12. The zero-order valence-electron chi connectivity index (χ0n) is 23.5. The zero-order valence-corrected chi connectivity index (χ0v) is 26.6. The number of rotatable bonds is 5. The van der Waals surface area contributed by atoms with Crippen molar-refractivity contribution in [3.05, 3.63) is 58.6 Å². The van der Waals surface area contributed by atoms with Crippen molar-refractivity contribution in [1.82, 2.24) is 8.61 Å². The fourth-order valence-electron chi connectivity index (χ4n) is 7.11. The molecule has 0 N–H and O–H groups in total. The highest BCUT2D eigenvalue weighted by molar-refractivity contribution is 7.89. The number of fused-ring (bicyclic) bond motifs is 4. The third-order valence-corrected chi connectivity index (χ3v) is 13.5. The summed E-state index contributed by atoms with van der Waals surface area (Å²) < 4.78 is 54.9. The molecule has 44 heavy (non-hydrogen) atoms. The van der Waals surface area contributed by atoms with Gasteiger partial charge in [0.1, 0.15) is 11.6 Å². The van der Waals surface area contributed by atoms with Gasteiger partial charge in [0, 0.05) is 59.4 Å². The molecule has 4 aliphatic heterocycles. The summed E-state index contributed by atoms with van der Waals surface area (Å²) in [6.07, 6.45) is 6.82. The largest absolute Gasteiger partial charge is 0.300 e. The van der Waals surface area contributed by atoms with E-state index >= 15 is 0 Å². The fraction of sp³-hybridized carbons (Fsp3) is 0.562. The number of hydrogen-bond donors (Lipinski definition) is 0. The summed E-state index contributed by atoms with van der Waals surface area (Å²) in [4.78, 5) is 24.5. The van der Waals surface area contributed by atoms with Gasteiger partial charge in [-0.25, -0.2) is 16.8 Å². The van der Waals surface area contributed by atoms with Crippen LogP contribution < -0.4 is 0 Å². The summed E-state index contributed by atoms with van der Waals surface area (Å²) in [5.74, 6) is 0.237. The van der Waals surface area contributed by atoms with E-state index in [2.05, 4.69) is 0 Å². The summed E-state index contributed by atoms with van der Waals surface area (Å²) in [6, 6.07) is 11.8. The molecular formula is C32H44Cl2N2O6S2. The molecule has 4 heterocycles. The Morgan fingerprint density at radius 1 is 0.659 bits per heavy atom. The van der Waals surface area contributed by atoms with Gasteiger partial charge in [-0.2, -0.15) is 8.61 Å². The quantitative estimate of drug-likeness (QED) is 0.331. The van der Waals surface area contributed by atoms with Crippen LogP contribution in [0.4, 0.5) is 0 Å². The van der Waals surface area contributed by atoms with Gasteiger partial charge in [-0.1, -0.05) is 57.8 Å². The predicted molar refractivity (Wildman–Crippen MR) is 175 cm³/mol. The molecule has 5 unspecified atom stereocenters. The normalized spacial score (nSPS) is 27.3. The number of carbonyl (C=O) groups excluding carboxylic acids is 2. The Labute approximate surface area is 273 Å². The maximum absolute atomic E-state index is 13.1. The van der Waals surface area contributed by atoms with Crippen LogP contribution >= 0.6 is 23.2 Å². The molecule has 0 aromatic heterocycles. The Bertz CT molecular complexity index is 1520. The molecule has 0 radical (unpaired) electrons. The van der Waals surface area contributed by atoms with Gasteiger partial charge >= 0.3 is 0 Å². The van der Waals surface area contributed by atoms with E-state index in [9.17, 15) is 26.4 Å². The smallest absolute Gasteiger partial charge is 0.243 e. The second-order valence-electron chi connectivity index (χ2n) is 11.6. The number of Topliss-reactive ketones (excluding diaryl/α,β-unsaturated/α-hetero) is 2. The molecule has 2 aromatic rings. The molecule has 6 rings (SSSR count). The minimum absolute atomic E-state index is 0. The van der Waals surface area contributed by atoms with Gasteiger partial charge in [-0.15, -0.1) is 0 Å². The lowest BCUT2D eigenvalue weighted by atomic mass is 9.77.